The minimum atomic E-state index is 0.0984. The summed E-state index contributed by atoms with van der Waals surface area (Å²) >= 11 is 0. The van der Waals surface area contributed by atoms with Gasteiger partial charge in [0.1, 0.15) is 11.6 Å². The Balaban J connectivity index is 2.24. The molecule has 3 rings (SSSR count). The third-order valence-electron chi connectivity index (χ3n) is 2.91. The van der Waals surface area contributed by atoms with Gasteiger partial charge in [-0.1, -0.05) is 6.42 Å². The number of hydrogen-bond donors (Lipinski definition) is 0. The van der Waals surface area contributed by atoms with Crippen LogP contribution in [0.4, 0.5) is 0 Å². The zero-order chi connectivity index (χ0) is 7.84. The summed E-state index contributed by atoms with van der Waals surface area (Å²) in [6.45, 7) is 0. The third-order valence-corrected chi connectivity index (χ3v) is 2.91. The Kier molecular flexibility index (Phi) is 1.55. The lowest BCUT2D eigenvalue weighted by Crippen LogP contribution is -2.28. The molecule has 0 unspecified atom stereocenters. The summed E-state index contributed by atoms with van der Waals surface area (Å²) in [5, 5.41) is 0. The Morgan fingerprint density at radius 1 is 0.909 bits per heavy atom. The summed E-state index contributed by atoms with van der Waals surface area (Å²) in [6.07, 6.45) is 4.09. The molecule has 11 heavy (non-hydrogen) atoms. The number of rotatable bonds is 0. The van der Waals surface area contributed by atoms with Crippen molar-refractivity contribution in [2.45, 2.75) is 32.1 Å². The Morgan fingerprint density at radius 2 is 1.36 bits per heavy atom. The molecular weight excluding hydrogens is 140 g/mol. The van der Waals surface area contributed by atoms with Crippen LogP contribution in [0.5, 0.6) is 0 Å². The van der Waals surface area contributed by atoms with Gasteiger partial charge in [0, 0.05) is 24.7 Å². The monoisotopic (exact) mass is 152 g/mol. The van der Waals surface area contributed by atoms with E-state index in [1.54, 1.807) is 0 Å². The Morgan fingerprint density at radius 3 is 1.82 bits per heavy atom. The second-order valence-corrected chi connectivity index (χ2v) is 3.67. The molecule has 0 aliphatic heterocycles. The molecule has 0 aromatic rings. The number of carbonyl (C=O) groups excluding carboxylic acids is 2. The van der Waals surface area contributed by atoms with Gasteiger partial charge in [-0.15, -0.1) is 0 Å². The van der Waals surface area contributed by atoms with Crippen molar-refractivity contribution in [3.05, 3.63) is 0 Å². The van der Waals surface area contributed by atoms with E-state index in [0.29, 0.717) is 24.4 Å². The van der Waals surface area contributed by atoms with Crippen molar-refractivity contribution in [3.8, 4) is 0 Å². The number of Topliss-reactive ketones (excluding diaryl/α,β-unsaturated/α-hetero) is 2. The van der Waals surface area contributed by atoms with Crippen LogP contribution in [-0.4, -0.2) is 11.6 Å². The van der Waals surface area contributed by atoms with Crippen LogP contribution in [0.15, 0.2) is 0 Å². The Hall–Kier alpha value is -0.660. The number of hydrogen-bond acceptors (Lipinski definition) is 2. The van der Waals surface area contributed by atoms with Crippen molar-refractivity contribution in [1.29, 1.82) is 0 Å². The maximum atomic E-state index is 11.3. The minimum absolute atomic E-state index is 0.0984. The van der Waals surface area contributed by atoms with Gasteiger partial charge in [0.15, 0.2) is 0 Å². The van der Waals surface area contributed by atoms with Gasteiger partial charge in [0.05, 0.1) is 0 Å². The second kappa shape index (κ2) is 2.43. The van der Waals surface area contributed by atoms with E-state index >= 15 is 0 Å². The van der Waals surface area contributed by atoms with Crippen molar-refractivity contribution >= 4 is 11.6 Å². The van der Waals surface area contributed by atoms with Gasteiger partial charge >= 0.3 is 0 Å². The SMILES string of the molecule is O=C1C[C@@H]2CCC[C@H]1CC2=O. The van der Waals surface area contributed by atoms with E-state index in [2.05, 4.69) is 0 Å². The molecule has 0 radical (unpaired) electrons. The van der Waals surface area contributed by atoms with Crippen molar-refractivity contribution in [3.63, 3.8) is 0 Å². The summed E-state index contributed by atoms with van der Waals surface area (Å²) in [4.78, 5) is 22.5. The molecular formula is C9H12O2. The van der Waals surface area contributed by atoms with Gasteiger partial charge in [-0.25, -0.2) is 0 Å². The van der Waals surface area contributed by atoms with E-state index in [1.165, 1.54) is 0 Å². The zero-order valence-corrected chi connectivity index (χ0v) is 6.51. The van der Waals surface area contributed by atoms with Crippen LogP contribution in [0.1, 0.15) is 32.1 Å². The molecule has 3 aliphatic rings. The highest BCUT2D eigenvalue weighted by Gasteiger charge is 2.36. The molecule has 0 N–H and O–H groups in total. The van der Waals surface area contributed by atoms with Gasteiger partial charge in [0.25, 0.3) is 0 Å². The normalized spacial score (nSPS) is 37.5. The van der Waals surface area contributed by atoms with Crippen LogP contribution in [0, 0.1) is 11.8 Å². The summed E-state index contributed by atoms with van der Waals surface area (Å²) in [5.74, 6) is 0.877. The lowest BCUT2D eigenvalue weighted by molar-refractivity contribution is -0.135. The molecule has 3 aliphatic carbocycles. The van der Waals surface area contributed by atoms with E-state index in [0.717, 1.165) is 19.3 Å². The number of fused-ring (bicyclic) bond motifs is 4. The lowest BCUT2D eigenvalue weighted by Gasteiger charge is -2.19. The number of ketones is 2. The van der Waals surface area contributed by atoms with Crippen molar-refractivity contribution in [1.82, 2.24) is 0 Å². The van der Waals surface area contributed by atoms with Crippen molar-refractivity contribution < 1.29 is 9.59 Å². The molecule has 0 aromatic carbocycles. The van der Waals surface area contributed by atoms with Crippen LogP contribution in [0.3, 0.4) is 0 Å². The standard InChI is InChI=1S/C9H12O2/c10-8-5-7-3-1-2-6(8)4-9(7)11/h6-7H,1-5H2/t6-,7-/m0/s1. The molecule has 0 aromatic heterocycles. The molecule has 0 amide bonds. The average molecular weight is 152 g/mol. The Bertz CT molecular complexity index is 186. The first-order valence-corrected chi connectivity index (χ1v) is 4.33. The van der Waals surface area contributed by atoms with Crippen LogP contribution in [0.2, 0.25) is 0 Å². The molecule has 3 fully saturated rings. The molecule has 2 atom stereocenters. The molecule has 2 bridgehead atoms. The largest absolute Gasteiger partial charge is 0.299 e. The predicted octanol–water partition coefficient (Wildman–Crippen LogP) is 1.33. The fourth-order valence-corrected chi connectivity index (χ4v) is 2.18. The molecule has 0 spiro atoms. The molecule has 0 heterocycles. The third kappa shape index (κ3) is 1.10. The summed E-state index contributed by atoms with van der Waals surface area (Å²) < 4.78 is 0. The van der Waals surface area contributed by atoms with E-state index < -0.39 is 0 Å². The first-order valence-electron chi connectivity index (χ1n) is 4.33. The van der Waals surface area contributed by atoms with E-state index in [-0.39, 0.29) is 11.8 Å². The van der Waals surface area contributed by atoms with Crippen molar-refractivity contribution in [2.24, 2.45) is 11.8 Å². The average Bonchev–Trinajstić information content (AvgIpc) is 2.21. The smallest absolute Gasteiger partial charge is 0.137 e. The highest BCUT2D eigenvalue weighted by atomic mass is 16.1. The van der Waals surface area contributed by atoms with Crippen molar-refractivity contribution in [2.75, 3.05) is 0 Å². The van der Waals surface area contributed by atoms with Crippen LogP contribution >= 0.6 is 0 Å². The molecule has 2 nitrogen and oxygen atoms in total. The van der Waals surface area contributed by atoms with Gasteiger partial charge in [-0.3, -0.25) is 9.59 Å². The van der Waals surface area contributed by atoms with Gasteiger partial charge in [-0.2, -0.15) is 0 Å². The quantitative estimate of drug-likeness (QED) is 0.524. The Labute approximate surface area is 66.0 Å². The summed E-state index contributed by atoms with van der Waals surface area (Å²) in [7, 11) is 0. The maximum absolute atomic E-state index is 11.3. The highest BCUT2D eigenvalue weighted by Crippen LogP contribution is 2.34. The second-order valence-electron chi connectivity index (χ2n) is 3.67. The zero-order valence-electron chi connectivity index (χ0n) is 6.51. The maximum Gasteiger partial charge on any atom is 0.137 e. The fourth-order valence-electron chi connectivity index (χ4n) is 2.18. The van der Waals surface area contributed by atoms with Crippen LogP contribution in [0.25, 0.3) is 0 Å². The van der Waals surface area contributed by atoms with Crippen LogP contribution < -0.4 is 0 Å². The predicted molar refractivity (Wildman–Crippen MR) is 40.1 cm³/mol. The summed E-state index contributed by atoms with van der Waals surface area (Å²) in [5.41, 5.74) is 0. The highest BCUT2D eigenvalue weighted by molar-refractivity contribution is 5.96. The topological polar surface area (TPSA) is 34.1 Å². The van der Waals surface area contributed by atoms with E-state index in [1.807, 2.05) is 0 Å². The lowest BCUT2D eigenvalue weighted by atomic mass is 9.82. The van der Waals surface area contributed by atoms with E-state index in [9.17, 15) is 9.59 Å². The fraction of sp³-hybridized carbons (Fsp3) is 0.778. The van der Waals surface area contributed by atoms with Gasteiger partial charge < -0.3 is 0 Å². The minimum Gasteiger partial charge on any atom is -0.299 e. The van der Waals surface area contributed by atoms with E-state index in [4.69, 9.17) is 0 Å². The number of carbonyl (C=O) groups is 2. The first kappa shape index (κ1) is 7.01. The van der Waals surface area contributed by atoms with Crippen LogP contribution in [-0.2, 0) is 9.59 Å². The molecule has 2 heteroatoms. The van der Waals surface area contributed by atoms with Gasteiger partial charge in [-0.05, 0) is 12.8 Å². The molecule has 60 valence electrons. The molecule has 3 saturated carbocycles. The first-order chi connectivity index (χ1) is 5.27. The van der Waals surface area contributed by atoms with Gasteiger partial charge in [0.2, 0.25) is 0 Å². The summed E-state index contributed by atoms with van der Waals surface area (Å²) in [6, 6.07) is 0. The molecule has 0 saturated heterocycles.